The summed E-state index contributed by atoms with van der Waals surface area (Å²) in [6, 6.07) is 6.53. The molecule has 0 saturated heterocycles. The Labute approximate surface area is 162 Å². The molecule has 0 aliphatic heterocycles. The van der Waals surface area contributed by atoms with Crippen molar-refractivity contribution in [3.8, 4) is 22.9 Å². The molecule has 28 heavy (non-hydrogen) atoms. The van der Waals surface area contributed by atoms with Crippen LogP contribution in [-0.2, 0) is 0 Å². The van der Waals surface area contributed by atoms with Crippen LogP contribution in [0.5, 0.6) is 17.2 Å². The van der Waals surface area contributed by atoms with Crippen LogP contribution < -0.4 is 9.47 Å². The smallest absolute Gasteiger partial charge is 0.414 e. The van der Waals surface area contributed by atoms with Crippen LogP contribution >= 0.6 is 0 Å². The lowest BCUT2D eigenvalue weighted by Gasteiger charge is -2.17. The van der Waals surface area contributed by atoms with Gasteiger partial charge in [0.25, 0.3) is 5.91 Å². The van der Waals surface area contributed by atoms with Crippen LogP contribution in [0.25, 0.3) is 5.69 Å². The quantitative estimate of drug-likeness (QED) is 0.787. The lowest BCUT2D eigenvalue weighted by Crippen LogP contribution is -2.28. The average molecular weight is 389 g/mol. The number of hydrogen-bond donors (Lipinski definition) is 1. The fraction of sp³-hybridized carbons (Fsp3) is 0.316. The van der Waals surface area contributed by atoms with Crippen LogP contribution in [0.4, 0.5) is 4.79 Å². The third-order valence-electron chi connectivity index (χ3n) is 3.93. The number of hydrogen-bond acceptors (Lipinski definition) is 6. The standard InChI is InChI=1S/C19H23N3O6/c1-11(23)14-16(24)17(28-19(26)21(4)5)15(18(25)20(2)3)22(14)12-7-9-13(27-6)10-8-12/h7-10,24H,1-6H3. The van der Waals surface area contributed by atoms with E-state index in [1.54, 1.807) is 24.3 Å². The largest absolute Gasteiger partial charge is 0.503 e. The molecule has 0 bridgehead atoms. The number of ether oxygens (including phenoxy) is 2. The normalized spacial score (nSPS) is 10.4. The Balaban J connectivity index is 2.84. The lowest BCUT2D eigenvalue weighted by molar-refractivity contribution is 0.0816. The summed E-state index contributed by atoms with van der Waals surface area (Å²) in [5, 5.41) is 10.7. The molecule has 2 rings (SSSR count). The molecule has 0 radical (unpaired) electrons. The molecule has 150 valence electrons. The minimum Gasteiger partial charge on any atom is -0.503 e. The van der Waals surface area contributed by atoms with Crippen LogP contribution in [0.3, 0.4) is 0 Å². The van der Waals surface area contributed by atoms with E-state index in [9.17, 15) is 19.5 Å². The Morgan fingerprint density at radius 2 is 1.54 bits per heavy atom. The van der Waals surface area contributed by atoms with Gasteiger partial charge in [-0.25, -0.2) is 4.79 Å². The molecule has 0 saturated carbocycles. The van der Waals surface area contributed by atoms with Gasteiger partial charge in [0.05, 0.1) is 7.11 Å². The van der Waals surface area contributed by atoms with Crippen molar-refractivity contribution in [2.75, 3.05) is 35.3 Å². The fourth-order valence-corrected chi connectivity index (χ4v) is 2.53. The zero-order chi connectivity index (χ0) is 21.2. The fourth-order valence-electron chi connectivity index (χ4n) is 2.53. The average Bonchev–Trinajstić information content (AvgIpc) is 2.93. The van der Waals surface area contributed by atoms with E-state index < -0.39 is 23.5 Å². The van der Waals surface area contributed by atoms with Crippen molar-refractivity contribution in [2.45, 2.75) is 6.92 Å². The Hall–Kier alpha value is -3.49. The minimum atomic E-state index is -0.801. The molecule has 0 unspecified atom stereocenters. The molecule has 0 atom stereocenters. The first-order chi connectivity index (χ1) is 13.1. The van der Waals surface area contributed by atoms with Crippen molar-refractivity contribution < 1.29 is 29.0 Å². The Morgan fingerprint density at radius 1 is 0.964 bits per heavy atom. The van der Waals surface area contributed by atoms with Gasteiger partial charge in [-0.2, -0.15) is 0 Å². The van der Waals surface area contributed by atoms with E-state index in [0.717, 1.165) is 4.90 Å². The number of ketones is 1. The summed E-state index contributed by atoms with van der Waals surface area (Å²) in [7, 11) is 7.45. The van der Waals surface area contributed by atoms with E-state index in [-0.39, 0.29) is 17.1 Å². The molecule has 2 aromatic rings. The van der Waals surface area contributed by atoms with E-state index in [1.807, 2.05) is 0 Å². The second-order valence-corrected chi connectivity index (χ2v) is 6.43. The number of benzene rings is 1. The maximum atomic E-state index is 12.9. The zero-order valence-electron chi connectivity index (χ0n) is 16.6. The number of amides is 2. The number of rotatable bonds is 5. The van der Waals surface area contributed by atoms with Crippen LogP contribution in [0, 0.1) is 0 Å². The topological polar surface area (TPSA) is 101 Å². The molecule has 2 amide bonds. The lowest BCUT2D eigenvalue weighted by atomic mass is 10.2. The van der Waals surface area contributed by atoms with E-state index in [4.69, 9.17) is 9.47 Å². The molecule has 1 heterocycles. The van der Waals surface area contributed by atoms with E-state index in [0.29, 0.717) is 11.4 Å². The van der Waals surface area contributed by atoms with Crippen molar-refractivity contribution >= 4 is 17.8 Å². The molecule has 0 aliphatic rings. The molecule has 1 aromatic heterocycles. The highest BCUT2D eigenvalue weighted by Crippen LogP contribution is 2.40. The Kier molecular flexibility index (Phi) is 5.97. The first kappa shape index (κ1) is 20.8. The molecule has 0 spiro atoms. The molecule has 0 aliphatic carbocycles. The predicted molar refractivity (Wildman–Crippen MR) is 102 cm³/mol. The number of Topliss-reactive ketones (excluding diaryl/α,β-unsaturated/α-hetero) is 1. The summed E-state index contributed by atoms with van der Waals surface area (Å²) in [6.07, 6.45) is -0.801. The third-order valence-corrected chi connectivity index (χ3v) is 3.93. The van der Waals surface area contributed by atoms with E-state index >= 15 is 0 Å². The van der Waals surface area contributed by atoms with Gasteiger partial charge in [0.2, 0.25) is 5.75 Å². The minimum absolute atomic E-state index is 0.145. The Bertz CT molecular complexity index is 913. The molecule has 1 aromatic carbocycles. The Morgan fingerprint density at radius 3 is 1.96 bits per heavy atom. The van der Waals surface area contributed by atoms with Crippen LogP contribution in [0.1, 0.15) is 27.9 Å². The number of carbonyl (C=O) groups is 3. The zero-order valence-corrected chi connectivity index (χ0v) is 16.6. The molecule has 1 N–H and O–H groups in total. The van der Waals surface area contributed by atoms with Crippen molar-refractivity contribution in [3.63, 3.8) is 0 Å². The van der Waals surface area contributed by atoms with E-state index in [2.05, 4.69) is 0 Å². The van der Waals surface area contributed by atoms with Crippen molar-refractivity contribution in [1.29, 1.82) is 0 Å². The monoisotopic (exact) mass is 389 g/mol. The van der Waals surface area contributed by atoms with Crippen LogP contribution in [0.15, 0.2) is 24.3 Å². The molecule has 9 heteroatoms. The number of carbonyl (C=O) groups excluding carboxylic acids is 3. The maximum Gasteiger partial charge on any atom is 0.414 e. The second-order valence-electron chi connectivity index (χ2n) is 6.43. The highest BCUT2D eigenvalue weighted by atomic mass is 16.6. The molecule has 0 fully saturated rings. The highest BCUT2D eigenvalue weighted by molar-refractivity contribution is 6.04. The summed E-state index contributed by atoms with van der Waals surface area (Å²) < 4.78 is 11.6. The van der Waals surface area contributed by atoms with Gasteiger partial charge in [0.15, 0.2) is 17.2 Å². The number of methoxy groups -OCH3 is 1. The summed E-state index contributed by atoms with van der Waals surface area (Å²) in [6.45, 7) is 1.25. The van der Waals surface area contributed by atoms with E-state index in [1.165, 1.54) is 51.7 Å². The van der Waals surface area contributed by atoms with Gasteiger partial charge in [-0.15, -0.1) is 0 Å². The molecule has 9 nitrogen and oxygen atoms in total. The van der Waals surface area contributed by atoms with Crippen LogP contribution in [0.2, 0.25) is 0 Å². The summed E-state index contributed by atoms with van der Waals surface area (Å²) in [5.74, 6) is -1.44. The van der Waals surface area contributed by atoms with Crippen molar-refractivity contribution in [2.24, 2.45) is 0 Å². The predicted octanol–water partition coefficient (Wildman–Crippen LogP) is 2.16. The van der Waals surface area contributed by atoms with Gasteiger partial charge in [-0.1, -0.05) is 0 Å². The van der Waals surface area contributed by atoms with Crippen molar-refractivity contribution in [1.82, 2.24) is 14.4 Å². The number of aromatic nitrogens is 1. The summed E-state index contributed by atoms with van der Waals surface area (Å²) in [5.41, 5.74) is 0.101. The van der Waals surface area contributed by atoms with Gasteiger partial charge < -0.3 is 24.4 Å². The van der Waals surface area contributed by atoms with Gasteiger partial charge in [0, 0.05) is 40.8 Å². The molecular formula is C19H23N3O6. The SMILES string of the molecule is COc1ccc(-n2c(C(C)=O)c(O)c(OC(=O)N(C)C)c2C(=O)N(C)C)cc1. The third kappa shape index (κ3) is 3.78. The molecular weight excluding hydrogens is 366 g/mol. The van der Waals surface area contributed by atoms with Crippen molar-refractivity contribution in [3.05, 3.63) is 35.7 Å². The second kappa shape index (κ2) is 8.03. The summed E-state index contributed by atoms with van der Waals surface area (Å²) in [4.78, 5) is 39.6. The van der Waals surface area contributed by atoms with Gasteiger partial charge >= 0.3 is 6.09 Å². The van der Waals surface area contributed by atoms with Gasteiger partial charge in [0.1, 0.15) is 11.4 Å². The van der Waals surface area contributed by atoms with Gasteiger partial charge in [-0.3, -0.25) is 14.2 Å². The maximum absolute atomic E-state index is 12.9. The highest BCUT2D eigenvalue weighted by Gasteiger charge is 2.33. The summed E-state index contributed by atoms with van der Waals surface area (Å²) >= 11 is 0. The van der Waals surface area contributed by atoms with Crippen LogP contribution in [-0.4, -0.2) is 72.6 Å². The van der Waals surface area contributed by atoms with Gasteiger partial charge in [-0.05, 0) is 24.3 Å². The first-order valence-corrected chi connectivity index (χ1v) is 8.33. The first-order valence-electron chi connectivity index (χ1n) is 8.33. The number of aromatic hydroxyl groups is 1. The number of nitrogens with zero attached hydrogens (tertiary/aromatic N) is 3.